The average molecular weight is 380 g/mol. The van der Waals surface area contributed by atoms with Crippen LogP contribution in [0.1, 0.15) is 21.4 Å². The van der Waals surface area contributed by atoms with Crippen LogP contribution in [0, 0.1) is 6.92 Å². The van der Waals surface area contributed by atoms with Crippen molar-refractivity contribution in [2.24, 2.45) is 0 Å². The third-order valence-corrected chi connectivity index (χ3v) is 5.10. The summed E-state index contributed by atoms with van der Waals surface area (Å²) in [5.41, 5.74) is 0.876. The number of ether oxygens (including phenoxy) is 1. The van der Waals surface area contributed by atoms with E-state index in [1.165, 1.54) is 12.1 Å². The van der Waals surface area contributed by atoms with E-state index in [0.717, 1.165) is 19.8 Å². The maximum Gasteiger partial charge on any atom is 0.573 e. The molecule has 21 heavy (non-hydrogen) atoms. The molecule has 0 aliphatic heterocycles. The summed E-state index contributed by atoms with van der Waals surface area (Å²) in [6.45, 7) is 2.01. The maximum absolute atomic E-state index is 12.1. The summed E-state index contributed by atoms with van der Waals surface area (Å²) in [5, 5.41) is 3.17. The zero-order chi connectivity index (χ0) is 15.6. The fourth-order valence-corrected chi connectivity index (χ4v) is 3.66. The van der Waals surface area contributed by atoms with Gasteiger partial charge in [-0.1, -0.05) is 12.1 Å². The highest BCUT2D eigenvalue weighted by atomic mass is 79.9. The van der Waals surface area contributed by atoms with Gasteiger partial charge in [-0.25, -0.2) is 0 Å². The molecule has 1 aromatic heterocycles. The molecule has 1 unspecified atom stereocenters. The summed E-state index contributed by atoms with van der Waals surface area (Å²) in [6, 6.07) is 7.85. The maximum atomic E-state index is 12.1. The van der Waals surface area contributed by atoms with Crippen molar-refractivity contribution >= 4 is 27.3 Å². The van der Waals surface area contributed by atoms with Crippen LogP contribution in [0.15, 0.2) is 34.8 Å². The highest BCUT2D eigenvalue weighted by Crippen LogP contribution is 2.34. The van der Waals surface area contributed by atoms with Gasteiger partial charge in [-0.15, -0.1) is 24.5 Å². The molecule has 2 nitrogen and oxygen atoms in total. The second-order valence-electron chi connectivity index (χ2n) is 4.39. The fourth-order valence-electron chi connectivity index (χ4n) is 1.96. The molecular weight excluding hydrogens is 367 g/mol. The normalized spacial score (nSPS) is 13.2. The molecule has 0 aliphatic rings. The van der Waals surface area contributed by atoms with Gasteiger partial charge >= 0.3 is 6.36 Å². The van der Waals surface area contributed by atoms with Gasteiger partial charge in [0.05, 0.1) is 6.04 Å². The fraction of sp³-hybridized carbons (Fsp3) is 0.286. The SMILES string of the molecule is CNC(c1ccc(OC(F)(F)F)cc1)c1cc(Br)c(C)s1. The molecule has 0 radical (unpaired) electrons. The minimum absolute atomic E-state index is 0.0695. The quantitative estimate of drug-likeness (QED) is 0.804. The van der Waals surface area contributed by atoms with Gasteiger partial charge in [-0.2, -0.15) is 0 Å². The Bertz CT molecular complexity index is 590. The number of hydrogen-bond donors (Lipinski definition) is 1. The molecule has 0 saturated carbocycles. The highest BCUT2D eigenvalue weighted by molar-refractivity contribution is 9.10. The molecule has 0 saturated heterocycles. The zero-order valence-electron chi connectivity index (χ0n) is 11.3. The first-order valence-corrected chi connectivity index (χ1v) is 7.70. The van der Waals surface area contributed by atoms with E-state index in [-0.39, 0.29) is 11.8 Å². The lowest BCUT2D eigenvalue weighted by atomic mass is 10.1. The van der Waals surface area contributed by atoms with Gasteiger partial charge in [-0.05, 0) is 53.7 Å². The van der Waals surface area contributed by atoms with Gasteiger partial charge in [0.2, 0.25) is 0 Å². The smallest absolute Gasteiger partial charge is 0.406 e. The van der Waals surface area contributed by atoms with E-state index in [4.69, 9.17) is 0 Å². The van der Waals surface area contributed by atoms with Crippen LogP contribution in [0.5, 0.6) is 5.75 Å². The van der Waals surface area contributed by atoms with Gasteiger partial charge in [-0.3, -0.25) is 0 Å². The van der Waals surface area contributed by atoms with E-state index in [0.29, 0.717) is 0 Å². The first-order valence-electron chi connectivity index (χ1n) is 6.09. The Labute approximate surface area is 133 Å². The van der Waals surface area contributed by atoms with Crippen molar-refractivity contribution in [3.63, 3.8) is 0 Å². The minimum Gasteiger partial charge on any atom is -0.406 e. The molecule has 114 valence electrons. The number of halogens is 4. The predicted octanol–water partition coefficient (Wildman–Crippen LogP) is 5.03. The van der Waals surface area contributed by atoms with Crippen molar-refractivity contribution < 1.29 is 17.9 Å². The molecular formula is C14H13BrF3NOS. The minimum atomic E-state index is -4.67. The monoisotopic (exact) mass is 379 g/mol. The van der Waals surface area contributed by atoms with Crippen LogP contribution in [-0.4, -0.2) is 13.4 Å². The van der Waals surface area contributed by atoms with Gasteiger partial charge in [0.1, 0.15) is 5.75 Å². The first kappa shape index (κ1) is 16.3. The molecule has 2 aromatic rings. The lowest BCUT2D eigenvalue weighted by molar-refractivity contribution is -0.274. The average Bonchev–Trinajstić information content (AvgIpc) is 2.70. The number of thiophene rings is 1. The van der Waals surface area contributed by atoms with E-state index in [1.807, 2.05) is 20.0 Å². The molecule has 0 fully saturated rings. The van der Waals surface area contributed by atoms with Crippen molar-refractivity contribution in [1.82, 2.24) is 5.32 Å². The number of rotatable bonds is 4. The largest absolute Gasteiger partial charge is 0.573 e. The van der Waals surface area contributed by atoms with E-state index >= 15 is 0 Å². The lowest BCUT2D eigenvalue weighted by Crippen LogP contribution is -2.18. The first-order chi connectivity index (χ1) is 9.80. The van der Waals surface area contributed by atoms with E-state index in [9.17, 15) is 13.2 Å². The Morgan fingerprint density at radius 1 is 1.24 bits per heavy atom. The van der Waals surface area contributed by atoms with Crippen LogP contribution >= 0.6 is 27.3 Å². The number of hydrogen-bond acceptors (Lipinski definition) is 3. The van der Waals surface area contributed by atoms with E-state index in [2.05, 4.69) is 26.0 Å². The highest BCUT2D eigenvalue weighted by Gasteiger charge is 2.31. The lowest BCUT2D eigenvalue weighted by Gasteiger charge is -2.16. The molecule has 0 bridgehead atoms. The molecule has 7 heteroatoms. The predicted molar refractivity (Wildman–Crippen MR) is 80.8 cm³/mol. The van der Waals surface area contributed by atoms with Crippen molar-refractivity contribution in [1.29, 1.82) is 0 Å². The van der Waals surface area contributed by atoms with Gasteiger partial charge in [0.25, 0.3) is 0 Å². The second kappa shape index (κ2) is 6.37. The van der Waals surface area contributed by atoms with Crippen LogP contribution in [0.4, 0.5) is 13.2 Å². The summed E-state index contributed by atoms with van der Waals surface area (Å²) in [5.74, 6) is -0.218. The number of alkyl halides is 3. The van der Waals surface area contributed by atoms with Crippen molar-refractivity contribution in [3.05, 3.63) is 50.1 Å². The molecule has 1 atom stereocenters. The van der Waals surface area contributed by atoms with Crippen molar-refractivity contribution in [2.45, 2.75) is 19.3 Å². The number of aryl methyl sites for hydroxylation is 1. The Morgan fingerprint density at radius 2 is 1.86 bits per heavy atom. The summed E-state index contributed by atoms with van der Waals surface area (Å²) >= 11 is 5.10. The van der Waals surface area contributed by atoms with E-state index in [1.54, 1.807) is 23.5 Å². The zero-order valence-corrected chi connectivity index (χ0v) is 13.7. The number of benzene rings is 1. The molecule has 0 aliphatic carbocycles. The second-order valence-corrected chi connectivity index (χ2v) is 6.53. The third-order valence-electron chi connectivity index (χ3n) is 2.90. The third kappa shape index (κ3) is 4.21. The van der Waals surface area contributed by atoms with Crippen LogP contribution < -0.4 is 10.1 Å². The van der Waals surface area contributed by atoms with Crippen LogP contribution in [0.25, 0.3) is 0 Å². The van der Waals surface area contributed by atoms with E-state index < -0.39 is 6.36 Å². The van der Waals surface area contributed by atoms with Crippen LogP contribution in [-0.2, 0) is 0 Å². The Balaban J connectivity index is 2.23. The summed E-state index contributed by atoms with van der Waals surface area (Å²) in [7, 11) is 1.81. The van der Waals surface area contributed by atoms with Gasteiger partial charge < -0.3 is 10.1 Å². The van der Waals surface area contributed by atoms with Crippen molar-refractivity contribution in [3.8, 4) is 5.75 Å². The Kier molecular flexibility index (Phi) is 4.95. The standard InChI is InChI=1S/C14H13BrF3NOS/c1-8-11(15)7-12(21-8)13(19-2)9-3-5-10(6-4-9)20-14(16,17)18/h3-7,13,19H,1-2H3. The Morgan fingerprint density at radius 3 is 2.29 bits per heavy atom. The molecule has 2 rings (SSSR count). The summed E-state index contributed by atoms with van der Waals surface area (Å²) in [6.07, 6.45) is -4.67. The molecule has 0 amide bonds. The topological polar surface area (TPSA) is 21.3 Å². The Hall–Kier alpha value is -1.05. The van der Waals surface area contributed by atoms with Gasteiger partial charge in [0, 0.05) is 14.2 Å². The van der Waals surface area contributed by atoms with Gasteiger partial charge in [0.15, 0.2) is 0 Å². The number of nitrogens with one attached hydrogen (secondary N) is 1. The molecule has 1 aromatic carbocycles. The molecule has 1 heterocycles. The summed E-state index contributed by atoms with van der Waals surface area (Å²) < 4.78 is 41.3. The molecule has 0 spiro atoms. The van der Waals surface area contributed by atoms with Crippen molar-refractivity contribution in [2.75, 3.05) is 7.05 Å². The molecule has 1 N–H and O–H groups in total. The van der Waals surface area contributed by atoms with Crippen LogP contribution in [0.3, 0.4) is 0 Å². The van der Waals surface area contributed by atoms with Crippen LogP contribution in [0.2, 0.25) is 0 Å². The summed E-state index contributed by atoms with van der Waals surface area (Å²) in [4.78, 5) is 2.24.